The lowest BCUT2D eigenvalue weighted by Gasteiger charge is -2.19. The predicted molar refractivity (Wildman–Crippen MR) is 102 cm³/mol. The second-order valence-electron chi connectivity index (χ2n) is 6.32. The van der Waals surface area contributed by atoms with Gasteiger partial charge in [-0.05, 0) is 11.6 Å². The van der Waals surface area contributed by atoms with Gasteiger partial charge < -0.3 is 15.0 Å². The number of amides is 1. The Kier molecular flexibility index (Phi) is 4.49. The largest absolute Gasteiger partial charge is 0.496 e. The molecule has 2 aromatic rings. The molecule has 0 spiro atoms. The van der Waals surface area contributed by atoms with Crippen LogP contribution in [-0.2, 0) is 6.42 Å². The molecule has 0 bridgehead atoms. The molecule has 4 rings (SSSR count). The number of nitrogens with two attached hydrogens (primary N) is 1. The van der Waals surface area contributed by atoms with E-state index in [9.17, 15) is 4.79 Å². The summed E-state index contributed by atoms with van der Waals surface area (Å²) in [5.41, 5.74) is 8.63. The second-order valence-corrected chi connectivity index (χ2v) is 6.32. The summed E-state index contributed by atoms with van der Waals surface area (Å²) in [6.07, 6.45) is 6.90. The lowest BCUT2D eigenvalue weighted by atomic mass is 9.98. The van der Waals surface area contributed by atoms with Crippen molar-refractivity contribution in [3.8, 4) is 22.7 Å². The Morgan fingerprint density at radius 1 is 1.25 bits per heavy atom. The minimum atomic E-state index is -0.754. The summed E-state index contributed by atoms with van der Waals surface area (Å²) in [6.45, 7) is 0. The van der Waals surface area contributed by atoms with E-state index in [0.29, 0.717) is 17.7 Å². The number of rotatable bonds is 5. The van der Waals surface area contributed by atoms with Gasteiger partial charge in [-0.2, -0.15) is 0 Å². The molecule has 140 valence electrons. The summed E-state index contributed by atoms with van der Waals surface area (Å²) in [5, 5.41) is 0. The third-order valence-corrected chi connectivity index (χ3v) is 4.56. The minimum absolute atomic E-state index is 0.000652. The fraction of sp³-hybridized carbons (Fsp3) is 0.0952. The first-order chi connectivity index (χ1) is 13.6. The molecular formula is C21H17FN4O2. The molecule has 2 aliphatic rings. The normalized spacial score (nSPS) is 10.9. The van der Waals surface area contributed by atoms with E-state index in [1.165, 1.54) is 13.4 Å². The van der Waals surface area contributed by atoms with Crippen LogP contribution in [0.4, 0.5) is 4.39 Å². The number of primary amides is 1. The molecule has 2 aromatic carbocycles. The summed E-state index contributed by atoms with van der Waals surface area (Å²) in [7, 11) is 1.44. The third-order valence-electron chi connectivity index (χ3n) is 4.56. The zero-order chi connectivity index (χ0) is 19.7. The molecule has 2 N–H and O–H groups in total. The number of fused-ring (bicyclic) bond motifs is 1. The Labute approximate surface area is 160 Å². The highest BCUT2D eigenvalue weighted by molar-refractivity contribution is 5.96. The lowest BCUT2D eigenvalue weighted by molar-refractivity contribution is 0.0996. The molecule has 0 atom stereocenters. The number of benzene rings is 2. The van der Waals surface area contributed by atoms with Gasteiger partial charge in [0.1, 0.15) is 11.6 Å². The van der Waals surface area contributed by atoms with Crippen molar-refractivity contribution in [2.75, 3.05) is 7.11 Å². The predicted octanol–water partition coefficient (Wildman–Crippen LogP) is 3.21. The standard InChI is InChI=1S/C21H17FN4O2/c1-28-20-15(7-13-5-3-2-4-6-13)19(17(22)8-16(20)21(23)27)26-11-14-9-24-10-18(14)25-12-26/h2-6,8-12H,7H2,1H3,(H2,23,27). The van der Waals surface area contributed by atoms with Gasteiger partial charge in [0.15, 0.2) is 0 Å². The van der Waals surface area contributed by atoms with Gasteiger partial charge in [-0.25, -0.2) is 9.37 Å². The van der Waals surface area contributed by atoms with Gasteiger partial charge in [-0.3, -0.25) is 9.78 Å². The molecule has 0 saturated carbocycles. The topological polar surface area (TPSA) is 83.0 Å². The summed E-state index contributed by atoms with van der Waals surface area (Å²) in [4.78, 5) is 20.3. The number of carbonyl (C=O) groups excluding carboxylic acids is 1. The quantitative estimate of drug-likeness (QED) is 0.580. The number of ether oxygens (including phenoxy) is 1. The summed E-state index contributed by atoms with van der Waals surface area (Å²) >= 11 is 0. The van der Waals surface area contributed by atoms with Crippen LogP contribution in [0.2, 0.25) is 0 Å². The van der Waals surface area contributed by atoms with Crippen LogP contribution in [0.1, 0.15) is 21.5 Å². The molecule has 0 fully saturated rings. The van der Waals surface area contributed by atoms with Crippen molar-refractivity contribution in [2.45, 2.75) is 6.42 Å². The zero-order valence-corrected chi connectivity index (χ0v) is 15.1. The highest BCUT2D eigenvalue weighted by Gasteiger charge is 2.23. The number of halogens is 1. The van der Waals surface area contributed by atoms with Crippen LogP contribution in [0.25, 0.3) is 16.9 Å². The van der Waals surface area contributed by atoms with Crippen molar-refractivity contribution >= 4 is 5.91 Å². The highest BCUT2D eigenvalue weighted by Crippen LogP contribution is 2.34. The Balaban J connectivity index is 1.98. The van der Waals surface area contributed by atoms with Crippen LogP contribution in [0.3, 0.4) is 0 Å². The van der Waals surface area contributed by atoms with E-state index < -0.39 is 11.7 Å². The molecule has 6 nitrogen and oxygen atoms in total. The molecule has 7 heteroatoms. The van der Waals surface area contributed by atoms with Gasteiger partial charge in [-0.1, -0.05) is 30.3 Å². The van der Waals surface area contributed by atoms with E-state index in [0.717, 1.165) is 17.2 Å². The molecule has 0 radical (unpaired) electrons. The van der Waals surface area contributed by atoms with Gasteiger partial charge in [-0.15, -0.1) is 0 Å². The number of aromatic nitrogens is 3. The smallest absolute Gasteiger partial charge is 0.252 e. The molecule has 2 aliphatic heterocycles. The van der Waals surface area contributed by atoms with Crippen molar-refractivity contribution in [3.05, 3.63) is 83.8 Å². The molecule has 2 heterocycles. The molecule has 28 heavy (non-hydrogen) atoms. The first-order valence-electron chi connectivity index (χ1n) is 8.59. The Hall–Kier alpha value is -3.74. The summed E-state index contributed by atoms with van der Waals surface area (Å²) < 4.78 is 22.2. The molecule has 1 amide bonds. The molecule has 0 unspecified atom stereocenters. The van der Waals surface area contributed by atoms with Crippen LogP contribution in [0.15, 0.2) is 61.3 Å². The van der Waals surface area contributed by atoms with Crippen LogP contribution >= 0.6 is 0 Å². The monoisotopic (exact) mass is 376 g/mol. The van der Waals surface area contributed by atoms with E-state index in [-0.39, 0.29) is 17.0 Å². The van der Waals surface area contributed by atoms with Crippen LogP contribution in [0, 0.1) is 5.82 Å². The van der Waals surface area contributed by atoms with Crippen LogP contribution in [0.5, 0.6) is 5.75 Å². The molecule has 0 aliphatic carbocycles. The summed E-state index contributed by atoms with van der Waals surface area (Å²) in [5.74, 6) is -1.09. The van der Waals surface area contributed by atoms with Gasteiger partial charge in [0.05, 0.1) is 36.6 Å². The number of methoxy groups -OCH3 is 1. The lowest BCUT2D eigenvalue weighted by Crippen LogP contribution is -2.17. The van der Waals surface area contributed by atoms with Crippen molar-refractivity contribution < 1.29 is 13.9 Å². The fourth-order valence-electron chi connectivity index (χ4n) is 3.30. The first-order valence-corrected chi connectivity index (χ1v) is 8.59. The van der Waals surface area contributed by atoms with Crippen molar-refractivity contribution in [2.24, 2.45) is 5.73 Å². The Bertz CT molecular complexity index is 1120. The van der Waals surface area contributed by atoms with E-state index >= 15 is 4.39 Å². The molecule has 0 saturated heterocycles. The third kappa shape index (κ3) is 3.07. The number of hydrogen-bond acceptors (Lipinski definition) is 4. The van der Waals surface area contributed by atoms with Crippen molar-refractivity contribution in [1.29, 1.82) is 0 Å². The maximum absolute atomic E-state index is 15.2. The van der Waals surface area contributed by atoms with Crippen molar-refractivity contribution in [1.82, 2.24) is 14.5 Å². The molecular weight excluding hydrogens is 359 g/mol. The maximum atomic E-state index is 15.2. The average molecular weight is 376 g/mol. The van der Waals surface area contributed by atoms with Crippen LogP contribution < -0.4 is 10.5 Å². The van der Waals surface area contributed by atoms with E-state index in [1.807, 2.05) is 30.3 Å². The highest BCUT2D eigenvalue weighted by atomic mass is 19.1. The van der Waals surface area contributed by atoms with Crippen molar-refractivity contribution in [3.63, 3.8) is 0 Å². The SMILES string of the molecule is COc1c(C(N)=O)cc(F)c(-n2cnc3cncc-3c2)c1Cc1ccccc1. The zero-order valence-electron chi connectivity index (χ0n) is 15.1. The van der Waals surface area contributed by atoms with E-state index in [2.05, 4.69) is 9.97 Å². The second kappa shape index (κ2) is 7.11. The first kappa shape index (κ1) is 17.7. The van der Waals surface area contributed by atoms with Gasteiger partial charge in [0.25, 0.3) is 5.91 Å². The average Bonchev–Trinajstić information content (AvgIpc) is 3.16. The van der Waals surface area contributed by atoms with E-state index in [1.54, 1.807) is 23.2 Å². The minimum Gasteiger partial charge on any atom is -0.496 e. The number of carbonyl (C=O) groups is 1. The van der Waals surface area contributed by atoms with E-state index in [4.69, 9.17) is 10.5 Å². The fourth-order valence-corrected chi connectivity index (χ4v) is 3.30. The van der Waals surface area contributed by atoms with Crippen LogP contribution in [-0.4, -0.2) is 27.6 Å². The maximum Gasteiger partial charge on any atom is 0.252 e. The van der Waals surface area contributed by atoms with Gasteiger partial charge in [0.2, 0.25) is 0 Å². The van der Waals surface area contributed by atoms with Gasteiger partial charge in [0, 0.05) is 29.9 Å². The Morgan fingerprint density at radius 3 is 2.75 bits per heavy atom. The summed E-state index contributed by atoms with van der Waals surface area (Å²) in [6, 6.07) is 10.6. The van der Waals surface area contributed by atoms with Gasteiger partial charge >= 0.3 is 0 Å². The number of nitrogens with zero attached hydrogens (tertiary/aromatic N) is 3. The molecule has 0 aromatic heterocycles. The number of hydrogen-bond donors (Lipinski definition) is 1. The Morgan fingerprint density at radius 2 is 2.04 bits per heavy atom.